The van der Waals surface area contributed by atoms with Crippen LogP contribution in [0.5, 0.6) is 5.75 Å². The lowest BCUT2D eigenvalue weighted by atomic mass is 10.2. The minimum Gasteiger partial charge on any atom is -0.507 e. The Morgan fingerprint density at radius 3 is 2.43 bits per heavy atom. The van der Waals surface area contributed by atoms with Gasteiger partial charge in [-0.1, -0.05) is 40.9 Å². The predicted molar refractivity (Wildman–Crippen MR) is 84.6 cm³/mol. The van der Waals surface area contributed by atoms with Crippen molar-refractivity contribution < 1.29 is 9.90 Å². The standard InChI is InChI=1S/C14H9Cl3N2O2/c15-8-4-5-9(13(20)6-8)14(21)19-18-7-10-11(16)2-1-3-12(10)17/h1-7,20H,(H,19,21). The van der Waals surface area contributed by atoms with E-state index in [1.165, 1.54) is 24.4 Å². The molecule has 2 N–H and O–H groups in total. The number of phenolic OH excluding ortho intramolecular Hbond substituents is 1. The largest absolute Gasteiger partial charge is 0.507 e. The molecule has 0 aromatic heterocycles. The van der Waals surface area contributed by atoms with E-state index in [4.69, 9.17) is 34.8 Å². The number of carbonyl (C=O) groups excluding carboxylic acids is 1. The van der Waals surface area contributed by atoms with E-state index in [0.717, 1.165) is 0 Å². The number of nitrogens with one attached hydrogen (secondary N) is 1. The number of halogens is 3. The van der Waals surface area contributed by atoms with Gasteiger partial charge >= 0.3 is 0 Å². The molecule has 0 aliphatic rings. The van der Waals surface area contributed by atoms with E-state index in [9.17, 15) is 9.90 Å². The van der Waals surface area contributed by atoms with Gasteiger partial charge in [0.25, 0.3) is 5.91 Å². The van der Waals surface area contributed by atoms with Crippen molar-refractivity contribution >= 4 is 46.9 Å². The van der Waals surface area contributed by atoms with Gasteiger partial charge in [0.15, 0.2) is 0 Å². The third-order valence-electron chi connectivity index (χ3n) is 2.56. The summed E-state index contributed by atoms with van der Waals surface area (Å²) in [6, 6.07) is 9.16. The summed E-state index contributed by atoms with van der Waals surface area (Å²) in [6.07, 6.45) is 1.33. The third kappa shape index (κ3) is 3.88. The summed E-state index contributed by atoms with van der Waals surface area (Å²) in [6.45, 7) is 0. The van der Waals surface area contributed by atoms with Crippen molar-refractivity contribution in [2.45, 2.75) is 0 Å². The van der Waals surface area contributed by atoms with Crippen LogP contribution in [0.15, 0.2) is 41.5 Å². The van der Waals surface area contributed by atoms with E-state index in [2.05, 4.69) is 10.5 Å². The highest BCUT2D eigenvalue weighted by molar-refractivity contribution is 6.38. The molecule has 0 heterocycles. The van der Waals surface area contributed by atoms with E-state index in [1.54, 1.807) is 18.2 Å². The molecular formula is C14H9Cl3N2O2. The molecule has 1 amide bonds. The zero-order chi connectivity index (χ0) is 15.4. The van der Waals surface area contributed by atoms with E-state index in [1.807, 2.05) is 0 Å². The first-order valence-electron chi connectivity index (χ1n) is 5.75. The lowest BCUT2D eigenvalue weighted by molar-refractivity contribution is 0.0952. The number of nitrogens with zero attached hydrogens (tertiary/aromatic N) is 1. The van der Waals surface area contributed by atoms with Crippen molar-refractivity contribution in [3.05, 3.63) is 62.6 Å². The Hall–Kier alpha value is -1.75. The molecule has 108 valence electrons. The number of hydrogen-bond donors (Lipinski definition) is 2. The number of hydrazone groups is 1. The molecule has 4 nitrogen and oxygen atoms in total. The van der Waals surface area contributed by atoms with E-state index in [0.29, 0.717) is 20.6 Å². The van der Waals surface area contributed by atoms with Crippen LogP contribution < -0.4 is 5.43 Å². The van der Waals surface area contributed by atoms with Crippen LogP contribution in [0.25, 0.3) is 0 Å². The summed E-state index contributed by atoms with van der Waals surface area (Å²) in [4.78, 5) is 11.8. The van der Waals surface area contributed by atoms with Crippen molar-refractivity contribution in [2.24, 2.45) is 5.10 Å². The molecule has 0 aliphatic heterocycles. The van der Waals surface area contributed by atoms with E-state index in [-0.39, 0.29) is 11.3 Å². The average molecular weight is 344 g/mol. The molecule has 0 unspecified atom stereocenters. The maximum Gasteiger partial charge on any atom is 0.275 e. The first-order chi connectivity index (χ1) is 9.99. The second-order valence-electron chi connectivity index (χ2n) is 4.00. The molecule has 0 aliphatic carbocycles. The Bertz CT molecular complexity index is 697. The Labute approximate surface area is 135 Å². The molecule has 0 bridgehead atoms. The van der Waals surface area contributed by atoms with Gasteiger partial charge in [0.2, 0.25) is 0 Å². The van der Waals surface area contributed by atoms with E-state index >= 15 is 0 Å². The van der Waals surface area contributed by atoms with Gasteiger partial charge in [0.05, 0.1) is 21.8 Å². The molecule has 0 saturated carbocycles. The van der Waals surface area contributed by atoms with Gasteiger partial charge in [-0.25, -0.2) is 5.43 Å². The minimum absolute atomic E-state index is 0.0572. The number of aromatic hydroxyl groups is 1. The smallest absolute Gasteiger partial charge is 0.275 e. The topological polar surface area (TPSA) is 61.7 Å². The lowest BCUT2D eigenvalue weighted by Gasteiger charge is -2.04. The van der Waals surface area contributed by atoms with Crippen LogP contribution in [0.4, 0.5) is 0 Å². The van der Waals surface area contributed by atoms with Crippen LogP contribution in [0, 0.1) is 0 Å². The van der Waals surface area contributed by atoms with Crippen LogP contribution in [0.1, 0.15) is 15.9 Å². The molecule has 2 aromatic carbocycles. The quantitative estimate of drug-likeness (QED) is 0.650. The summed E-state index contributed by atoms with van der Waals surface area (Å²) in [5.41, 5.74) is 2.82. The molecule has 7 heteroatoms. The Balaban J connectivity index is 2.12. The Kier molecular flexibility index (Phi) is 5.07. The monoisotopic (exact) mass is 342 g/mol. The van der Waals surface area contributed by atoms with Crippen LogP contribution in [0.2, 0.25) is 15.1 Å². The molecule has 2 rings (SSSR count). The zero-order valence-corrected chi connectivity index (χ0v) is 12.7. The molecule has 0 radical (unpaired) electrons. The molecule has 0 saturated heterocycles. The summed E-state index contributed by atoms with van der Waals surface area (Å²) in [5, 5.41) is 14.5. The maximum absolute atomic E-state index is 11.8. The van der Waals surface area contributed by atoms with Gasteiger partial charge in [-0.15, -0.1) is 0 Å². The van der Waals surface area contributed by atoms with Gasteiger partial charge in [-0.05, 0) is 30.3 Å². The number of phenols is 1. The highest BCUT2D eigenvalue weighted by Gasteiger charge is 2.10. The summed E-state index contributed by atoms with van der Waals surface area (Å²) in [7, 11) is 0. The molecule has 0 fully saturated rings. The molecule has 0 spiro atoms. The van der Waals surface area contributed by atoms with Gasteiger partial charge in [0, 0.05) is 10.6 Å². The lowest BCUT2D eigenvalue weighted by Crippen LogP contribution is -2.17. The van der Waals surface area contributed by atoms with Gasteiger partial charge < -0.3 is 5.11 Å². The average Bonchev–Trinajstić information content (AvgIpc) is 2.42. The van der Waals surface area contributed by atoms with Crippen molar-refractivity contribution in [2.75, 3.05) is 0 Å². The minimum atomic E-state index is -0.580. The van der Waals surface area contributed by atoms with E-state index < -0.39 is 5.91 Å². The Morgan fingerprint density at radius 2 is 1.81 bits per heavy atom. The number of amides is 1. The third-order valence-corrected chi connectivity index (χ3v) is 3.46. The first-order valence-corrected chi connectivity index (χ1v) is 6.88. The summed E-state index contributed by atoms with van der Waals surface area (Å²) < 4.78 is 0. The molecular weight excluding hydrogens is 335 g/mol. The molecule has 21 heavy (non-hydrogen) atoms. The van der Waals surface area contributed by atoms with Crippen LogP contribution in [-0.2, 0) is 0 Å². The normalized spacial score (nSPS) is 10.8. The molecule has 2 aromatic rings. The van der Waals surface area contributed by atoms with Gasteiger partial charge in [0.1, 0.15) is 5.75 Å². The van der Waals surface area contributed by atoms with Crippen molar-refractivity contribution in [3.8, 4) is 5.75 Å². The predicted octanol–water partition coefficient (Wildman–Crippen LogP) is 4.12. The highest BCUT2D eigenvalue weighted by atomic mass is 35.5. The number of rotatable bonds is 3. The fourth-order valence-electron chi connectivity index (χ4n) is 1.55. The Morgan fingerprint density at radius 1 is 1.14 bits per heavy atom. The number of carbonyl (C=O) groups is 1. The second kappa shape index (κ2) is 6.80. The van der Waals surface area contributed by atoms with Crippen molar-refractivity contribution in [3.63, 3.8) is 0 Å². The molecule has 0 atom stereocenters. The number of hydrogen-bond acceptors (Lipinski definition) is 3. The summed E-state index contributed by atoms with van der Waals surface area (Å²) in [5.74, 6) is -0.811. The SMILES string of the molecule is O=C(NN=Cc1c(Cl)cccc1Cl)c1ccc(Cl)cc1O. The maximum atomic E-state index is 11.8. The number of benzene rings is 2. The second-order valence-corrected chi connectivity index (χ2v) is 5.25. The fourth-order valence-corrected chi connectivity index (χ4v) is 2.21. The van der Waals surface area contributed by atoms with Crippen molar-refractivity contribution in [1.82, 2.24) is 5.43 Å². The van der Waals surface area contributed by atoms with Gasteiger partial charge in [-0.2, -0.15) is 5.10 Å². The van der Waals surface area contributed by atoms with Crippen LogP contribution in [0.3, 0.4) is 0 Å². The first kappa shape index (κ1) is 15.6. The van der Waals surface area contributed by atoms with Crippen molar-refractivity contribution in [1.29, 1.82) is 0 Å². The highest BCUT2D eigenvalue weighted by Crippen LogP contribution is 2.23. The van der Waals surface area contributed by atoms with Crippen LogP contribution in [-0.4, -0.2) is 17.2 Å². The van der Waals surface area contributed by atoms with Gasteiger partial charge in [-0.3, -0.25) is 4.79 Å². The fraction of sp³-hybridized carbons (Fsp3) is 0. The summed E-state index contributed by atoms with van der Waals surface area (Å²) >= 11 is 17.6. The zero-order valence-electron chi connectivity index (χ0n) is 10.5. The van der Waals surface area contributed by atoms with Crippen LogP contribution >= 0.6 is 34.8 Å².